The molecule has 1 aromatic rings. The van der Waals surface area contributed by atoms with Gasteiger partial charge in [-0.05, 0) is 32.5 Å². The number of nitrogens with one attached hydrogen (secondary N) is 1. The molecule has 0 fully saturated rings. The predicted molar refractivity (Wildman–Crippen MR) is 83.4 cm³/mol. The summed E-state index contributed by atoms with van der Waals surface area (Å²) in [5.41, 5.74) is 5.80. The Balaban J connectivity index is 3.16. The number of carbonyl (C=O) groups is 1. The lowest BCUT2D eigenvalue weighted by molar-refractivity contribution is -0.125. The van der Waals surface area contributed by atoms with Gasteiger partial charge in [0, 0.05) is 12.6 Å². The van der Waals surface area contributed by atoms with E-state index in [1.807, 2.05) is 30.3 Å². The van der Waals surface area contributed by atoms with Gasteiger partial charge in [-0.1, -0.05) is 44.2 Å². The number of likely N-dealkylation sites (N-methyl/N-ethyl adjacent to an activating group) is 2. The number of rotatable bonds is 8. The molecule has 0 aromatic heterocycles. The largest absolute Gasteiger partial charge is 0.368 e. The molecule has 4 nitrogen and oxygen atoms in total. The van der Waals surface area contributed by atoms with Gasteiger partial charge >= 0.3 is 0 Å². The molecule has 4 heteroatoms. The molecule has 0 aliphatic rings. The van der Waals surface area contributed by atoms with Gasteiger partial charge in [0.05, 0.1) is 0 Å². The summed E-state index contributed by atoms with van der Waals surface area (Å²) in [6.07, 6.45) is 1.04. The van der Waals surface area contributed by atoms with Crippen molar-refractivity contribution < 1.29 is 4.79 Å². The molecule has 0 aliphatic heterocycles. The van der Waals surface area contributed by atoms with Crippen LogP contribution in [-0.4, -0.2) is 37.0 Å². The first kappa shape index (κ1) is 16.7. The first-order valence-corrected chi connectivity index (χ1v) is 7.30. The molecule has 0 radical (unpaired) electrons. The fourth-order valence-electron chi connectivity index (χ4n) is 2.52. The van der Waals surface area contributed by atoms with E-state index in [0.29, 0.717) is 12.6 Å². The summed E-state index contributed by atoms with van der Waals surface area (Å²) in [6, 6.07) is 10.1. The van der Waals surface area contributed by atoms with Crippen LogP contribution in [0.3, 0.4) is 0 Å². The highest BCUT2D eigenvalue weighted by atomic mass is 16.1. The molecule has 0 heterocycles. The van der Waals surface area contributed by atoms with Crippen molar-refractivity contribution in [2.75, 3.05) is 20.1 Å². The maximum absolute atomic E-state index is 12.1. The van der Waals surface area contributed by atoms with E-state index in [2.05, 4.69) is 31.0 Å². The van der Waals surface area contributed by atoms with Gasteiger partial charge in [-0.3, -0.25) is 9.69 Å². The van der Waals surface area contributed by atoms with Crippen molar-refractivity contribution in [1.29, 1.82) is 0 Å². The van der Waals surface area contributed by atoms with Crippen LogP contribution in [0.5, 0.6) is 0 Å². The first-order valence-electron chi connectivity index (χ1n) is 7.30. The van der Waals surface area contributed by atoms with E-state index in [-0.39, 0.29) is 5.91 Å². The molecule has 112 valence electrons. The summed E-state index contributed by atoms with van der Waals surface area (Å²) in [6.45, 7) is 7.91. The zero-order valence-electron chi connectivity index (χ0n) is 13.0. The van der Waals surface area contributed by atoms with Crippen molar-refractivity contribution in [3.05, 3.63) is 35.9 Å². The molecule has 20 heavy (non-hydrogen) atoms. The van der Waals surface area contributed by atoms with Gasteiger partial charge in [-0.2, -0.15) is 0 Å². The zero-order chi connectivity index (χ0) is 15.2. The lowest BCUT2D eigenvalue weighted by atomic mass is 9.88. The molecule has 1 rings (SSSR count). The maximum atomic E-state index is 12.1. The van der Waals surface area contributed by atoms with E-state index in [0.717, 1.165) is 18.5 Å². The second-order valence-electron chi connectivity index (χ2n) is 5.21. The Hall–Kier alpha value is -1.39. The van der Waals surface area contributed by atoms with Crippen LogP contribution in [0.1, 0.15) is 32.8 Å². The third-order valence-corrected chi connectivity index (χ3v) is 4.17. The molecule has 1 amide bonds. The van der Waals surface area contributed by atoms with Gasteiger partial charge in [-0.15, -0.1) is 0 Å². The minimum Gasteiger partial charge on any atom is -0.368 e. The monoisotopic (exact) mass is 277 g/mol. The molecule has 0 aliphatic carbocycles. The number of carbonyl (C=O) groups excluding carboxylic acids is 1. The molecule has 0 spiro atoms. The molecule has 0 bridgehead atoms. The second kappa shape index (κ2) is 7.41. The maximum Gasteiger partial charge on any atom is 0.243 e. The van der Waals surface area contributed by atoms with Crippen LogP contribution < -0.4 is 11.1 Å². The van der Waals surface area contributed by atoms with Crippen LogP contribution in [0.15, 0.2) is 30.3 Å². The van der Waals surface area contributed by atoms with Crippen molar-refractivity contribution >= 4 is 5.91 Å². The fraction of sp³-hybridized carbons (Fsp3) is 0.562. The quantitative estimate of drug-likeness (QED) is 0.760. The summed E-state index contributed by atoms with van der Waals surface area (Å²) < 4.78 is 0. The molecular formula is C16H27N3O. The van der Waals surface area contributed by atoms with Crippen molar-refractivity contribution in [2.24, 2.45) is 5.73 Å². The zero-order valence-corrected chi connectivity index (χ0v) is 13.0. The summed E-state index contributed by atoms with van der Waals surface area (Å²) in [7, 11) is 1.79. The highest BCUT2D eigenvalue weighted by Crippen LogP contribution is 2.23. The van der Waals surface area contributed by atoms with Crippen LogP contribution in [0.4, 0.5) is 0 Å². The third-order valence-electron chi connectivity index (χ3n) is 4.17. The number of nitrogens with two attached hydrogens (primary N) is 1. The smallest absolute Gasteiger partial charge is 0.243 e. The van der Waals surface area contributed by atoms with E-state index in [4.69, 9.17) is 5.73 Å². The van der Waals surface area contributed by atoms with Crippen LogP contribution in [-0.2, 0) is 10.3 Å². The average molecular weight is 277 g/mol. The lowest BCUT2D eigenvalue weighted by Gasteiger charge is -2.38. The van der Waals surface area contributed by atoms with Gasteiger partial charge in [-0.25, -0.2) is 0 Å². The van der Waals surface area contributed by atoms with Gasteiger partial charge < -0.3 is 11.1 Å². The molecule has 2 atom stereocenters. The number of hydrogen-bond donors (Lipinski definition) is 2. The Kier molecular flexibility index (Phi) is 6.17. The Labute approximate surface area is 122 Å². The molecule has 0 saturated carbocycles. The molecule has 0 saturated heterocycles. The fourth-order valence-corrected chi connectivity index (χ4v) is 2.52. The van der Waals surface area contributed by atoms with Gasteiger partial charge in [0.25, 0.3) is 0 Å². The Morgan fingerprint density at radius 2 is 1.95 bits per heavy atom. The van der Waals surface area contributed by atoms with E-state index < -0.39 is 5.54 Å². The van der Waals surface area contributed by atoms with Crippen molar-refractivity contribution in [3.63, 3.8) is 0 Å². The number of hydrogen-bond acceptors (Lipinski definition) is 3. The molecule has 3 N–H and O–H groups in total. The minimum atomic E-state index is -0.847. The third kappa shape index (κ3) is 3.38. The van der Waals surface area contributed by atoms with Crippen LogP contribution in [0, 0.1) is 0 Å². The van der Waals surface area contributed by atoms with Gasteiger partial charge in [0.1, 0.15) is 5.54 Å². The van der Waals surface area contributed by atoms with Gasteiger partial charge in [0.2, 0.25) is 5.91 Å². The second-order valence-corrected chi connectivity index (χ2v) is 5.21. The highest BCUT2D eigenvalue weighted by Gasteiger charge is 2.39. The number of nitrogens with zero attached hydrogens (tertiary/aromatic N) is 1. The van der Waals surface area contributed by atoms with E-state index in [9.17, 15) is 4.79 Å². The lowest BCUT2D eigenvalue weighted by Crippen LogP contribution is -2.59. The normalized spacial score (nSPS) is 15.8. The van der Waals surface area contributed by atoms with Crippen LogP contribution in [0.2, 0.25) is 0 Å². The Morgan fingerprint density at radius 3 is 2.35 bits per heavy atom. The SMILES string of the molecule is CCC(C)N(CC)CC(NC)(C(N)=O)c1ccccc1. The Bertz CT molecular complexity index is 421. The Morgan fingerprint density at radius 1 is 1.35 bits per heavy atom. The highest BCUT2D eigenvalue weighted by molar-refractivity contribution is 5.86. The topological polar surface area (TPSA) is 58.4 Å². The number of benzene rings is 1. The minimum absolute atomic E-state index is 0.340. The average Bonchev–Trinajstić information content (AvgIpc) is 2.48. The summed E-state index contributed by atoms with van der Waals surface area (Å²) in [5.74, 6) is -0.340. The van der Waals surface area contributed by atoms with Crippen LogP contribution in [0.25, 0.3) is 0 Å². The summed E-state index contributed by atoms with van der Waals surface area (Å²) >= 11 is 0. The van der Waals surface area contributed by atoms with E-state index >= 15 is 0 Å². The summed E-state index contributed by atoms with van der Waals surface area (Å²) in [4.78, 5) is 14.4. The van der Waals surface area contributed by atoms with Crippen molar-refractivity contribution in [1.82, 2.24) is 10.2 Å². The summed E-state index contributed by atoms with van der Waals surface area (Å²) in [5, 5.41) is 3.16. The van der Waals surface area contributed by atoms with Crippen molar-refractivity contribution in [2.45, 2.75) is 38.8 Å². The van der Waals surface area contributed by atoms with Gasteiger partial charge in [0.15, 0.2) is 0 Å². The van der Waals surface area contributed by atoms with Crippen molar-refractivity contribution in [3.8, 4) is 0 Å². The number of amides is 1. The molecule has 1 aromatic carbocycles. The first-order chi connectivity index (χ1) is 9.51. The molecule has 2 unspecified atom stereocenters. The predicted octanol–water partition coefficient (Wildman–Crippen LogP) is 1.71. The standard InChI is InChI=1S/C16H27N3O/c1-5-13(3)19(6-2)12-16(18-4,15(17)20)14-10-8-7-9-11-14/h7-11,13,18H,5-6,12H2,1-4H3,(H2,17,20). The van der Waals surface area contributed by atoms with E-state index in [1.165, 1.54) is 0 Å². The van der Waals surface area contributed by atoms with E-state index in [1.54, 1.807) is 7.05 Å². The van der Waals surface area contributed by atoms with Crippen LogP contribution >= 0.6 is 0 Å². The number of primary amides is 1. The molecular weight excluding hydrogens is 250 g/mol.